The summed E-state index contributed by atoms with van der Waals surface area (Å²) in [5.41, 5.74) is 0.0962. The van der Waals surface area contributed by atoms with Gasteiger partial charge in [0.05, 0.1) is 17.9 Å². The maximum atomic E-state index is 12.1. The molecule has 2 aliphatic heterocycles. The summed E-state index contributed by atoms with van der Waals surface area (Å²) in [6.45, 7) is 0.144. The predicted molar refractivity (Wildman–Crippen MR) is 80.5 cm³/mol. The average Bonchev–Trinajstić information content (AvgIpc) is 2.35. The number of amides is 4. The van der Waals surface area contributed by atoms with Gasteiger partial charge in [-0.05, 0) is 40.8 Å². The van der Waals surface area contributed by atoms with Gasteiger partial charge in [-0.25, -0.2) is 4.79 Å². The van der Waals surface area contributed by atoms with Crippen molar-refractivity contribution in [1.29, 1.82) is 0 Å². The highest BCUT2D eigenvalue weighted by molar-refractivity contribution is 14.1. The van der Waals surface area contributed by atoms with Crippen molar-refractivity contribution in [2.45, 2.75) is 5.54 Å². The lowest BCUT2D eigenvalue weighted by molar-refractivity contribution is -0.136. The fourth-order valence-electron chi connectivity index (χ4n) is 2.46. The van der Waals surface area contributed by atoms with E-state index < -0.39 is 23.4 Å². The fraction of sp³-hybridized carbons (Fsp3) is 0.250. The van der Waals surface area contributed by atoms with Crippen LogP contribution in [0.15, 0.2) is 18.2 Å². The normalized spacial score (nSPS) is 20.1. The minimum atomic E-state index is -1.49. The van der Waals surface area contributed by atoms with E-state index in [0.717, 1.165) is 9.26 Å². The predicted octanol–water partition coefficient (Wildman–Crippen LogP) is 0.258. The number of carbonyl (C=O) groups excluding carboxylic acids is 3. The first kappa shape index (κ1) is 13.2. The maximum Gasteiger partial charge on any atom is 0.328 e. The summed E-state index contributed by atoms with van der Waals surface area (Å²) in [7, 11) is 1.80. The number of nitrogens with one attached hydrogen (secondary N) is 3. The number of halogens is 1. The largest absolute Gasteiger partial charge is 0.369 e. The molecule has 0 saturated carbocycles. The highest BCUT2D eigenvalue weighted by Gasteiger charge is 2.53. The molecule has 0 aliphatic carbocycles. The molecule has 3 N–H and O–H groups in total. The summed E-state index contributed by atoms with van der Waals surface area (Å²) < 4.78 is 0.979. The zero-order valence-electron chi connectivity index (χ0n) is 10.5. The Labute approximate surface area is 128 Å². The number of likely N-dealkylation sites (N-methyl/N-ethyl adjacent to an activating group) is 1. The van der Waals surface area contributed by atoms with E-state index >= 15 is 0 Å². The number of hydrogen-bond donors (Lipinski definition) is 3. The number of hydrogen-bond acceptors (Lipinski definition) is 5. The van der Waals surface area contributed by atoms with Crippen molar-refractivity contribution in [2.75, 3.05) is 23.8 Å². The van der Waals surface area contributed by atoms with E-state index in [1.165, 1.54) is 0 Å². The third-order valence-electron chi connectivity index (χ3n) is 3.42. The van der Waals surface area contributed by atoms with Gasteiger partial charge in [0.1, 0.15) is 0 Å². The highest BCUT2D eigenvalue weighted by atomic mass is 127. The zero-order chi connectivity index (χ0) is 14.5. The molecule has 3 rings (SSSR count). The summed E-state index contributed by atoms with van der Waals surface area (Å²) in [4.78, 5) is 37.3. The highest BCUT2D eigenvalue weighted by Crippen LogP contribution is 2.35. The SMILES string of the molecule is CN1CC2(Nc3cc(I)ccc31)C(=O)NC(=O)NC2=O. The van der Waals surface area contributed by atoms with Crippen LogP contribution in [0.5, 0.6) is 0 Å². The number of rotatable bonds is 0. The van der Waals surface area contributed by atoms with E-state index in [1.807, 2.05) is 23.1 Å². The average molecular weight is 386 g/mol. The van der Waals surface area contributed by atoms with Gasteiger partial charge in [0.25, 0.3) is 11.8 Å². The number of carbonyl (C=O) groups is 3. The van der Waals surface area contributed by atoms with Crippen molar-refractivity contribution in [2.24, 2.45) is 0 Å². The Balaban J connectivity index is 2.07. The van der Waals surface area contributed by atoms with Crippen LogP contribution in [0.1, 0.15) is 0 Å². The molecule has 4 amide bonds. The molecule has 7 nitrogen and oxygen atoms in total. The van der Waals surface area contributed by atoms with Crippen LogP contribution >= 0.6 is 22.6 Å². The first-order chi connectivity index (χ1) is 9.42. The molecular weight excluding hydrogens is 375 g/mol. The van der Waals surface area contributed by atoms with Gasteiger partial charge >= 0.3 is 6.03 Å². The van der Waals surface area contributed by atoms with Crippen molar-refractivity contribution in [3.63, 3.8) is 0 Å². The molecule has 1 aromatic carbocycles. The Kier molecular flexibility index (Phi) is 2.85. The molecule has 104 valence electrons. The van der Waals surface area contributed by atoms with Crippen molar-refractivity contribution in [3.05, 3.63) is 21.8 Å². The molecule has 1 aromatic rings. The van der Waals surface area contributed by atoms with Gasteiger partial charge in [-0.1, -0.05) is 0 Å². The summed E-state index contributed by atoms with van der Waals surface area (Å²) in [5.74, 6) is -1.27. The van der Waals surface area contributed by atoms with E-state index in [2.05, 4.69) is 38.5 Å². The van der Waals surface area contributed by atoms with E-state index in [0.29, 0.717) is 5.69 Å². The second-order valence-electron chi connectivity index (χ2n) is 4.79. The Bertz CT molecular complexity index is 626. The van der Waals surface area contributed by atoms with Crippen LogP contribution < -0.4 is 20.9 Å². The van der Waals surface area contributed by atoms with Gasteiger partial charge in [-0.3, -0.25) is 20.2 Å². The maximum absolute atomic E-state index is 12.1. The van der Waals surface area contributed by atoms with E-state index in [-0.39, 0.29) is 6.54 Å². The molecule has 0 radical (unpaired) electrons. The van der Waals surface area contributed by atoms with E-state index in [1.54, 1.807) is 7.05 Å². The molecule has 2 heterocycles. The number of imide groups is 2. The third-order valence-corrected chi connectivity index (χ3v) is 4.09. The lowest BCUT2D eigenvalue weighted by atomic mass is 9.91. The van der Waals surface area contributed by atoms with Crippen LogP contribution in [0.25, 0.3) is 0 Å². The van der Waals surface area contributed by atoms with Crippen LogP contribution in [0.4, 0.5) is 16.2 Å². The molecular formula is C12H11IN4O3. The third kappa shape index (κ3) is 1.82. The summed E-state index contributed by atoms with van der Waals surface area (Å²) >= 11 is 2.15. The minimum absolute atomic E-state index is 0.144. The van der Waals surface area contributed by atoms with Gasteiger partial charge in [0.15, 0.2) is 0 Å². The lowest BCUT2D eigenvalue weighted by Gasteiger charge is -2.43. The van der Waals surface area contributed by atoms with Crippen molar-refractivity contribution in [3.8, 4) is 0 Å². The minimum Gasteiger partial charge on any atom is -0.369 e. The van der Waals surface area contributed by atoms with Gasteiger partial charge in [0, 0.05) is 10.6 Å². The van der Waals surface area contributed by atoms with Crippen molar-refractivity contribution < 1.29 is 14.4 Å². The van der Waals surface area contributed by atoms with Gasteiger partial charge in [-0.2, -0.15) is 0 Å². The standard InChI is InChI=1S/C12H11IN4O3/c1-17-5-12(9(18)14-11(20)15-10(12)19)16-7-4-6(13)2-3-8(7)17/h2-4,16H,5H2,1H3,(H2,14,15,18,19,20). The molecule has 2 aliphatic rings. The molecule has 0 aromatic heterocycles. The first-order valence-electron chi connectivity index (χ1n) is 5.88. The quantitative estimate of drug-likeness (QED) is 0.440. The van der Waals surface area contributed by atoms with Crippen molar-refractivity contribution >= 4 is 51.8 Å². The summed E-state index contributed by atoms with van der Waals surface area (Å²) in [5, 5.41) is 7.25. The van der Waals surface area contributed by atoms with Gasteiger partial charge in [0.2, 0.25) is 5.54 Å². The second-order valence-corrected chi connectivity index (χ2v) is 6.03. The molecule has 0 atom stereocenters. The van der Waals surface area contributed by atoms with E-state index in [9.17, 15) is 14.4 Å². The van der Waals surface area contributed by atoms with Crippen LogP contribution in [0.3, 0.4) is 0 Å². The van der Waals surface area contributed by atoms with Gasteiger partial charge in [-0.15, -0.1) is 0 Å². The van der Waals surface area contributed by atoms with Crippen LogP contribution in [-0.4, -0.2) is 37.0 Å². The Morgan fingerprint density at radius 1 is 1.20 bits per heavy atom. The molecule has 0 bridgehead atoms. The number of benzene rings is 1. The monoisotopic (exact) mass is 386 g/mol. The number of nitrogens with zero attached hydrogens (tertiary/aromatic N) is 1. The zero-order valence-corrected chi connectivity index (χ0v) is 12.6. The Morgan fingerprint density at radius 3 is 2.50 bits per heavy atom. The number of barbiturate groups is 1. The molecule has 0 unspecified atom stereocenters. The summed E-state index contributed by atoms with van der Waals surface area (Å²) in [6.07, 6.45) is 0. The molecule has 1 fully saturated rings. The van der Waals surface area contributed by atoms with Crippen LogP contribution in [0.2, 0.25) is 0 Å². The smallest absolute Gasteiger partial charge is 0.328 e. The van der Waals surface area contributed by atoms with E-state index in [4.69, 9.17) is 0 Å². The lowest BCUT2D eigenvalue weighted by Crippen LogP contribution is -2.74. The Morgan fingerprint density at radius 2 is 1.85 bits per heavy atom. The van der Waals surface area contributed by atoms with Gasteiger partial charge < -0.3 is 10.2 Å². The molecule has 1 spiro atoms. The van der Waals surface area contributed by atoms with Crippen molar-refractivity contribution in [1.82, 2.24) is 10.6 Å². The Hall–Kier alpha value is -1.84. The van der Waals surface area contributed by atoms with Crippen LogP contribution in [0, 0.1) is 3.57 Å². The first-order valence-corrected chi connectivity index (χ1v) is 6.96. The number of anilines is 2. The number of urea groups is 1. The topological polar surface area (TPSA) is 90.5 Å². The second kappa shape index (κ2) is 4.33. The summed E-state index contributed by atoms with van der Waals surface area (Å²) in [6, 6.07) is 4.93. The molecule has 1 saturated heterocycles. The van der Waals surface area contributed by atoms with Crippen LogP contribution in [-0.2, 0) is 9.59 Å². The fourth-order valence-corrected chi connectivity index (χ4v) is 2.95. The number of fused-ring (bicyclic) bond motifs is 1. The molecule has 20 heavy (non-hydrogen) atoms. The molecule has 8 heteroatoms.